The van der Waals surface area contributed by atoms with Crippen LogP contribution >= 0.6 is 23.7 Å². The average molecular weight is 422 g/mol. The van der Waals surface area contributed by atoms with Crippen molar-refractivity contribution in [1.82, 2.24) is 9.88 Å². The monoisotopic (exact) mass is 421 g/mol. The van der Waals surface area contributed by atoms with E-state index in [-0.39, 0.29) is 18.3 Å². The van der Waals surface area contributed by atoms with Gasteiger partial charge < -0.3 is 14.4 Å². The molecule has 3 aromatic rings. The second-order valence-electron chi connectivity index (χ2n) is 6.27. The van der Waals surface area contributed by atoms with Gasteiger partial charge in [0.2, 0.25) is 0 Å². The lowest BCUT2D eigenvalue weighted by Gasteiger charge is -2.23. The van der Waals surface area contributed by atoms with E-state index in [1.54, 1.807) is 30.2 Å². The minimum atomic E-state index is -0.161. The van der Waals surface area contributed by atoms with Crippen LogP contribution in [0.15, 0.2) is 42.5 Å². The predicted octanol–water partition coefficient (Wildman–Crippen LogP) is 3.94. The van der Waals surface area contributed by atoms with Gasteiger partial charge >= 0.3 is 0 Å². The van der Waals surface area contributed by atoms with E-state index in [4.69, 9.17) is 9.47 Å². The number of fused-ring (bicyclic) bond motifs is 1. The Morgan fingerprint density at radius 3 is 2.43 bits per heavy atom. The van der Waals surface area contributed by atoms with E-state index >= 15 is 0 Å². The Balaban J connectivity index is 0.00000280. The Bertz CT molecular complexity index is 912. The molecule has 0 aliphatic carbocycles. The molecule has 0 radical (unpaired) electrons. The lowest BCUT2D eigenvalue weighted by atomic mass is 10.1. The summed E-state index contributed by atoms with van der Waals surface area (Å²) >= 11 is 1.51. The molecule has 0 aliphatic rings. The molecular weight excluding hydrogens is 398 g/mol. The zero-order chi connectivity index (χ0) is 19.4. The van der Waals surface area contributed by atoms with E-state index in [0.717, 1.165) is 10.2 Å². The number of ether oxygens (including phenoxy) is 2. The number of hydrogen-bond acceptors (Lipinski definition) is 6. The van der Waals surface area contributed by atoms with Gasteiger partial charge in [-0.3, -0.25) is 9.69 Å². The van der Waals surface area contributed by atoms with Crippen LogP contribution in [0, 0.1) is 0 Å². The third-order valence-corrected chi connectivity index (χ3v) is 5.22. The van der Waals surface area contributed by atoms with Crippen LogP contribution in [0.25, 0.3) is 10.2 Å². The summed E-state index contributed by atoms with van der Waals surface area (Å²) in [5, 5.41) is 0.674. The van der Waals surface area contributed by atoms with E-state index in [0.29, 0.717) is 35.3 Å². The molecule has 0 aliphatic heterocycles. The van der Waals surface area contributed by atoms with Crippen molar-refractivity contribution in [1.29, 1.82) is 0 Å². The molecule has 0 saturated heterocycles. The molecule has 6 nitrogen and oxygen atoms in total. The summed E-state index contributed by atoms with van der Waals surface area (Å²) in [4.78, 5) is 21.8. The Labute approximate surface area is 175 Å². The lowest BCUT2D eigenvalue weighted by molar-refractivity contribution is 0.0981. The first-order valence-corrected chi connectivity index (χ1v) is 9.40. The largest absolute Gasteiger partial charge is 0.493 e. The Morgan fingerprint density at radius 2 is 1.79 bits per heavy atom. The van der Waals surface area contributed by atoms with Gasteiger partial charge in [-0.2, -0.15) is 0 Å². The Kier molecular flexibility index (Phi) is 7.62. The molecule has 0 fully saturated rings. The standard InChI is InChI=1S/C20H23N3O3S.ClH/c1-22(2)12-13-23(20-21-15-9-5-6-11-17(15)27-20)19(24)14-8-7-10-16(25-3)18(14)26-4;/h5-11H,12-13H2,1-4H3;1H. The number of nitrogens with zero attached hydrogens (tertiary/aromatic N) is 3. The van der Waals surface area contributed by atoms with Gasteiger partial charge in [0.25, 0.3) is 5.91 Å². The Morgan fingerprint density at radius 1 is 1.04 bits per heavy atom. The molecular formula is C20H24ClN3O3S. The molecule has 150 valence electrons. The van der Waals surface area contributed by atoms with Crippen molar-refractivity contribution in [2.45, 2.75) is 0 Å². The van der Waals surface area contributed by atoms with Crippen LogP contribution in [0.3, 0.4) is 0 Å². The van der Waals surface area contributed by atoms with Crippen LogP contribution in [0.5, 0.6) is 11.5 Å². The average Bonchev–Trinajstić information content (AvgIpc) is 3.10. The molecule has 8 heteroatoms. The SMILES string of the molecule is COc1cccc(C(=O)N(CCN(C)C)c2nc3ccccc3s2)c1OC.Cl. The van der Waals surface area contributed by atoms with Crippen LogP contribution in [-0.2, 0) is 0 Å². The fraction of sp³-hybridized carbons (Fsp3) is 0.300. The van der Waals surface area contributed by atoms with Gasteiger partial charge in [0.15, 0.2) is 16.6 Å². The number of thiazole rings is 1. The van der Waals surface area contributed by atoms with Crippen LogP contribution in [0.4, 0.5) is 5.13 Å². The molecule has 1 amide bonds. The molecule has 2 aromatic carbocycles. The summed E-state index contributed by atoms with van der Waals surface area (Å²) in [6.07, 6.45) is 0. The number of anilines is 1. The van der Waals surface area contributed by atoms with Crippen LogP contribution in [0.1, 0.15) is 10.4 Å². The Hall–Kier alpha value is -2.35. The number of methoxy groups -OCH3 is 2. The fourth-order valence-electron chi connectivity index (χ4n) is 2.76. The maximum absolute atomic E-state index is 13.4. The number of hydrogen-bond donors (Lipinski definition) is 0. The number of carbonyl (C=O) groups excluding carboxylic acids is 1. The number of benzene rings is 2. The zero-order valence-corrected chi connectivity index (χ0v) is 18.0. The number of carbonyl (C=O) groups is 1. The summed E-state index contributed by atoms with van der Waals surface area (Å²) in [6.45, 7) is 1.24. The van der Waals surface area contributed by atoms with Crippen molar-refractivity contribution in [2.24, 2.45) is 0 Å². The molecule has 0 atom stereocenters. The third kappa shape index (κ3) is 4.55. The van der Waals surface area contributed by atoms with Gasteiger partial charge in [-0.1, -0.05) is 29.5 Å². The van der Waals surface area contributed by atoms with Gasteiger partial charge in [-0.15, -0.1) is 12.4 Å². The minimum Gasteiger partial charge on any atom is -0.493 e. The van der Waals surface area contributed by atoms with Gasteiger partial charge in [0, 0.05) is 13.1 Å². The minimum absolute atomic E-state index is 0. The number of halogens is 1. The summed E-state index contributed by atoms with van der Waals surface area (Å²) in [5.41, 5.74) is 1.34. The van der Waals surface area contributed by atoms with Gasteiger partial charge in [-0.25, -0.2) is 4.98 Å². The van der Waals surface area contributed by atoms with Crippen molar-refractivity contribution < 1.29 is 14.3 Å². The highest BCUT2D eigenvalue weighted by Gasteiger charge is 2.25. The first kappa shape index (κ1) is 21.9. The predicted molar refractivity (Wildman–Crippen MR) is 117 cm³/mol. The molecule has 1 aromatic heterocycles. The molecule has 3 rings (SSSR count). The van der Waals surface area contributed by atoms with Crippen LogP contribution < -0.4 is 14.4 Å². The smallest absolute Gasteiger partial charge is 0.264 e. The summed E-state index contributed by atoms with van der Waals surface area (Å²) in [6, 6.07) is 13.2. The molecule has 1 heterocycles. The second-order valence-corrected chi connectivity index (χ2v) is 7.27. The number of para-hydroxylation sites is 2. The van der Waals surface area contributed by atoms with Crippen molar-refractivity contribution in [3.8, 4) is 11.5 Å². The normalized spacial score (nSPS) is 10.6. The van der Waals surface area contributed by atoms with Crippen LogP contribution in [-0.4, -0.2) is 57.2 Å². The van der Waals surface area contributed by atoms with Crippen molar-refractivity contribution >= 4 is 45.0 Å². The summed E-state index contributed by atoms with van der Waals surface area (Å²) < 4.78 is 11.8. The molecule has 0 spiro atoms. The van der Waals surface area contributed by atoms with Gasteiger partial charge in [-0.05, 0) is 38.4 Å². The highest BCUT2D eigenvalue weighted by atomic mass is 35.5. The maximum Gasteiger partial charge on any atom is 0.264 e. The van der Waals surface area contributed by atoms with E-state index < -0.39 is 0 Å². The number of rotatable bonds is 7. The van der Waals surface area contributed by atoms with E-state index in [1.165, 1.54) is 18.4 Å². The second kappa shape index (κ2) is 9.73. The topological polar surface area (TPSA) is 54.9 Å². The quantitative estimate of drug-likeness (QED) is 0.578. The lowest BCUT2D eigenvalue weighted by Crippen LogP contribution is -2.37. The summed E-state index contributed by atoms with van der Waals surface area (Å²) in [7, 11) is 7.06. The van der Waals surface area contributed by atoms with Crippen LogP contribution in [0.2, 0.25) is 0 Å². The molecule has 0 saturated carbocycles. The van der Waals surface area contributed by atoms with Gasteiger partial charge in [0.05, 0.1) is 30.0 Å². The molecule has 0 bridgehead atoms. The number of likely N-dealkylation sites (N-methyl/N-ethyl adjacent to an activating group) is 1. The summed E-state index contributed by atoms with van der Waals surface area (Å²) in [5.74, 6) is 0.799. The highest BCUT2D eigenvalue weighted by Crippen LogP contribution is 2.34. The highest BCUT2D eigenvalue weighted by molar-refractivity contribution is 7.22. The zero-order valence-electron chi connectivity index (χ0n) is 16.3. The first-order valence-electron chi connectivity index (χ1n) is 8.58. The fourth-order valence-corrected chi connectivity index (χ4v) is 3.75. The maximum atomic E-state index is 13.4. The first-order chi connectivity index (χ1) is 13.0. The van der Waals surface area contributed by atoms with Crippen molar-refractivity contribution in [3.63, 3.8) is 0 Å². The van der Waals surface area contributed by atoms with E-state index in [1.807, 2.05) is 43.3 Å². The number of amides is 1. The van der Waals surface area contributed by atoms with E-state index in [9.17, 15) is 4.79 Å². The number of aromatic nitrogens is 1. The van der Waals surface area contributed by atoms with E-state index in [2.05, 4.69) is 4.98 Å². The van der Waals surface area contributed by atoms with Gasteiger partial charge in [0.1, 0.15) is 0 Å². The van der Waals surface area contributed by atoms with Crippen molar-refractivity contribution in [3.05, 3.63) is 48.0 Å². The molecule has 28 heavy (non-hydrogen) atoms. The van der Waals surface area contributed by atoms with Crippen molar-refractivity contribution in [2.75, 3.05) is 46.3 Å². The molecule has 0 N–H and O–H groups in total. The third-order valence-electron chi connectivity index (χ3n) is 4.16. The molecule has 0 unspecified atom stereocenters.